The van der Waals surface area contributed by atoms with Gasteiger partial charge in [0.05, 0.1) is 11.1 Å². The van der Waals surface area contributed by atoms with E-state index < -0.39 is 11.9 Å². The lowest BCUT2D eigenvalue weighted by Gasteiger charge is -2.09. The number of hydrogen-bond donors (Lipinski definition) is 2. The van der Waals surface area contributed by atoms with Gasteiger partial charge in [-0.2, -0.15) is 0 Å². The smallest absolute Gasteiger partial charge is 0.336 e. The van der Waals surface area contributed by atoms with Gasteiger partial charge < -0.3 is 10.2 Å². The number of carboxylic acid groups (broad SMARTS) is 2. The van der Waals surface area contributed by atoms with Gasteiger partial charge >= 0.3 is 11.9 Å². The Morgan fingerprint density at radius 3 is 1.82 bits per heavy atom. The molecule has 0 aromatic heterocycles. The molecule has 0 atom stereocenters. The van der Waals surface area contributed by atoms with Gasteiger partial charge in [0.2, 0.25) is 0 Å². The van der Waals surface area contributed by atoms with Crippen LogP contribution in [-0.2, 0) is 6.42 Å². The molecule has 2 rings (SSSR count). The number of carbonyl (C=O) groups excluding carboxylic acids is 1. The van der Waals surface area contributed by atoms with Gasteiger partial charge in [0.15, 0.2) is 5.78 Å². The third-order valence-electron chi connectivity index (χ3n) is 3.14. The number of carboxylic acids is 2. The first-order chi connectivity index (χ1) is 10.4. The molecule has 2 aromatic carbocycles. The Balaban J connectivity index is 2.43. The second kappa shape index (κ2) is 6.41. The number of benzene rings is 2. The highest BCUT2D eigenvalue weighted by Gasteiger charge is 2.20. The maximum absolute atomic E-state index is 12.2. The largest absolute Gasteiger partial charge is 0.478 e. The molecule has 0 unspecified atom stereocenters. The van der Waals surface area contributed by atoms with E-state index in [1.54, 1.807) is 0 Å². The Hall–Kier alpha value is -2.66. The van der Waals surface area contributed by atoms with Gasteiger partial charge in [-0.15, -0.1) is 0 Å². The summed E-state index contributed by atoms with van der Waals surface area (Å²) in [7, 11) is 0. The molecule has 0 bridgehead atoms. The Morgan fingerprint density at radius 2 is 1.36 bits per heavy atom. The van der Waals surface area contributed by atoms with Crippen LogP contribution in [0.15, 0.2) is 42.5 Å². The lowest BCUT2D eigenvalue weighted by Crippen LogP contribution is -2.14. The molecular formula is C16H11ClO5. The zero-order valence-electron chi connectivity index (χ0n) is 11.2. The quantitative estimate of drug-likeness (QED) is 0.826. The maximum Gasteiger partial charge on any atom is 0.336 e. The number of Topliss-reactive ketones (excluding diaryl/α,β-unsaturated/α-hetero) is 1. The first kappa shape index (κ1) is 15.7. The number of halogens is 1. The van der Waals surface area contributed by atoms with Gasteiger partial charge in [-0.3, -0.25) is 4.79 Å². The molecule has 2 aromatic rings. The van der Waals surface area contributed by atoms with E-state index in [1.165, 1.54) is 42.5 Å². The van der Waals surface area contributed by atoms with Crippen LogP contribution in [-0.4, -0.2) is 27.9 Å². The molecule has 0 aliphatic rings. The lowest BCUT2D eigenvalue weighted by molar-refractivity contribution is 0.0696. The molecule has 2 N–H and O–H groups in total. The number of hydrogen-bond acceptors (Lipinski definition) is 3. The third-order valence-corrected chi connectivity index (χ3v) is 3.39. The van der Waals surface area contributed by atoms with E-state index in [0.29, 0.717) is 10.6 Å². The standard InChI is InChI=1S/C16H11ClO5/c17-10-6-4-9(5-7-10)14(18)8-13-11(15(19)20)2-1-3-12(13)16(21)22/h1-7H,8H2,(H,19,20)(H,21,22). The fourth-order valence-electron chi connectivity index (χ4n) is 2.08. The fraction of sp³-hybridized carbons (Fsp3) is 0.0625. The van der Waals surface area contributed by atoms with Gasteiger partial charge in [0.1, 0.15) is 0 Å². The summed E-state index contributed by atoms with van der Waals surface area (Å²) in [6.07, 6.45) is -0.314. The lowest BCUT2D eigenvalue weighted by atomic mass is 9.94. The van der Waals surface area contributed by atoms with Gasteiger partial charge in [0.25, 0.3) is 0 Å². The minimum absolute atomic E-state index is 0.0116. The fourth-order valence-corrected chi connectivity index (χ4v) is 2.20. The average molecular weight is 319 g/mol. The van der Waals surface area contributed by atoms with E-state index in [1.807, 2.05) is 0 Å². The summed E-state index contributed by atoms with van der Waals surface area (Å²) in [5.41, 5.74) is -0.0622. The van der Waals surface area contributed by atoms with E-state index in [-0.39, 0.29) is 28.9 Å². The normalized spacial score (nSPS) is 10.2. The van der Waals surface area contributed by atoms with Gasteiger partial charge in [0, 0.05) is 17.0 Å². The summed E-state index contributed by atoms with van der Waals surface area (Å²) in [5, 5.41) is 18.8. The van der Waals surface area contributed by atoms with Crippen molar-refractivity contribution in [3.63, 3.8) is 0 Å². The molecule has 0 heterocycles. The molecule has 0 radical (unpaired) electrons. The van der Waals surface area contributed by atoms with Crippen molar-refractivity contribution in [2.24, 2.45) is 0 Å². The Bertz CT molecular complexity index is 717. The summed E-state index contributed by atoms with van der Waals surface area (Å²) in [5.74, 6) is -2.93. The summed E-state index contributed by atoms with van der Waals surface area (Å²) in [6, 6.07) is 9.98. The Kier molecular flexibility index (Phi) is 4.58. The first-order valence-electron chi connectivity index (χ1n) is 6.27. The van der Waals surface area contributed by atoms with Crippen LogP contribution in [0.25, 0.3) is 0 Å². The van der Waals surface area contributed by atoms with Crippen molar-refractivity contribution >= 4 is 29.3 Å². The summed E-state index contributed by atoms with van der Waals surface area (Å²) in [6.45, 7) is 0. The Morgan fingerprint density at radius 1 is 0.864 bits per heavy atom. The monoisotopic (exact) mass is 318 g/mol. The van der Waals surface area contributed by atoms with Crippen LogP contribution in [0.5, 0.6) is 0 Å². The van der Waals surface area contributed by atoms with Crippen molar-refractivity contribution in [1.29, 1.82) is 0 Å². The van der Waals surface area contributed by atoms with Gasteiger partial charge in [-0.05, 0) is 42.0 Å². The topological polar surface area (TPSA) is 91.7 Å². The van der Waals surface area contributed by atoms with Crippen LogP contribution in [0.3, 0.4) is 0 Å². The molecule has 0 spiro atoms. The van der Waals surface area contributed by atoms with Crippen molar-refractivity contribution in [1.82, 2.24) is 0 Å². The predicted molar refractivity (Wildman–Crippen MR) is 79.8 cm³/mol. The Labute approximate surface area is 130 Å². The van der Waals surface area contributed by atoms with Crippen molar-refractivity contribution in [2.75, 3.05) is 0 Å². The molecule has 0 saturated heterocycles. The zero-order valence-corrected chi connectivity index (χ0v) is 12.0. The minimum atomic E-state index is -1.28. The van der Waals surface area contributed by atoms with Crippen LogP contribution in [0.1, 0.15) is 36.6 Å². The molecule has 0 fully saturated rings. The van der Waals surface area contributed by atoms with E-state index in [2.05, 4.69) is 0 Å². The van der Waals surface area contributed by atoms with Crippen LogP contribution < -0.4 is 0 Å². The SMILES string of the molecule is O=C(Cc1c(C(=O)O)cccc1C(=O)O)c1ccc(Cl)cc1. The predicted octanol–water partition coefficient (Wildman–Crippen LogP) is 3.16. The van der Waals surface area contributed by atoms with E-state index >= 15 is 0 Å². The van der Waals surface area contributed by atoms with Crippen LogP contribution >= 0.6 is 11.6 Å². The molecule has 6 heteroatoms. The minimum Gasteiger partial charge on any atom is -0.478 e. The van der Waals surface area contributed by atoms with Crippen molar-refractivity contribution in [2.45, 2.75) is 6.42 Å². The van der Waals surface area contributed by atoms with Crippen LogP contribution in [0, 0.1) is 0 Å². The number of ketones is 1. The number of carbonyl (C=O) groups is 3. The summed E-state index contributed by atoms with van der Waals surface area (Å²) < 4.78 is 0. The number of aromatic carboxylic acids is 2. The van der Waals surface area contributed by atoms with Crippen LogP contribution in [0.2, 0.25) is 5.02 Å². The average Bonchev–Trinajstić information content (AvgIpc) is 2.47. The number of rotatable bonds is 5. The van der Waals surface area contributed by atoms with E-state index in [4.69, 9.17) is 11.6 Å². The molecule has 0 aliphatic carbocycles. The van der Waals surface area contributed by atoms with Crippen molar-refractivity contribution < 1.29 is 24.6 Å². The van der Waals surface area contributed by atoms with Crippen LogP contribution in [0.4, 0.5) is 0 Å². The molecule has 22 heavy (non-hydrogen) atoms. The highest BCUT2D eigenvalue weighted by atomic mass is 35.5. The second-order valence-corrected chi connectivity index (χ2v) is 4.99. The molecule has 0 aliphatic heterocycles. The molecule has 112 valence electrons. The molecule has 0 saturated carbocycles. The first-order valence-corrected chi connectivity index (χ1v) is 6.65. The van der Waals surface area contributed by atoms with Gasteiger partial charge in [-0.25, -0.2) is 9.59 Å². The van der Waals surface area contributed by atoms with E-state index in [0.717, 1.165) is 0 Å². The van der Waals surface area contributed by atoms with Crippen molar-refractivity contribution in [3.8, 4) is 0 Å². The zero-order chi connectivity index (χ0) is 16.3. The van der Waals surface area contributed by atoms with Crippen molar-refractivity contribution in [3.05, 3.63) is 69.7 Å². The van der Waals surface area contributed by atoms with Gasteiger partial charge in [-0.1, -0.05) is 17.7 Å². The highest BCUT2D eigenvalue weighted by Crippen LogP contribution is 2.19. The summed E-state index contributed by atoms with van der Waals surface area (Å²) >= 11 is 5.74. The van der Waals surface area contributed by atoms with E-state index in [9.17, 15) is 24.6 Å². The second-order valence-electron chi connectivity index (χ2n) is 4.55. The summed E-state index contributed by atoms with van der Waals surface area (Å²) in [4.78, 5) is 34.7. The molecular weight excluding hydrogens is 308 g/mol. The molecule has 0 amide bonds. The highest BCUT2D eigenvalue weighted by molar-refractivity contribution is 6.30. The molecule has 5 nitrogen and oxygen atoms in total. The maximum atomic E-state index is 12.2. The third kappa shape index (κ3) is 3.32.